The summed E-state index contributed by atoms with van der Waals surface area (Å²) < 4.78 is 12.3. The van der Waals surface area contributed by atoms with Crippen LogP contribution in [-0.2, 0) is 0 Å². The van der Waals surface area contributed by atoms with E-state index >= 15 is 0 Å². The summed E-state index contributed by atoms with van der Waals surface area (Å²) in [5.74, 6) is 0.850. The minimum atomic E-state index is -0.454. The Labute approximate surface area is 190 Å². The minimum absolute atomic E-state index is 0.0306. The van der Waals surface area contributed by atoms with Gasteiger partial charge < -0.3 is 19.3 Å². The lowest BCUT2D eigenvalue weighted by molar-refractivity contribution is -0.384. The van der Waals surface area contributed by atoms with Gasteiger partial charge in [-0.1, -0.05) is 17.3 Å². The van der Waals surface area contributed by atoms with Gasteiger partial charge >= 0.3 is 0 Å². The number of hydrogen-bond acceptors (Lipinski definition) is 8. The molecule has 0 N–H and O–H groups in total. The molecular weight excluding hydrogens is 428 g/mol. The first kappa shape index (κ1) is 22.1. The Morgan fingerprint density at radius 1 is 1.00 bits per heavy atom. The zero-order valence-corrected chi connectivity index (χ0v) is 18.6. The molecule has 1 saturated heterocycles. The standard InChI is InChI=1S/C22H24N6O5/c1-15-21(27(24-23-15)18-6-4-5-7-19(18)32-2)22(29)26-12-10-25(11-13-26)17-9-8-16(28(30)31)14-20(17)33-3/h4-9,14H,10-13H2,1-3H3. The summed E-state index contributed by atoms with van der Waals surface area (Å²) in [6.45, 7) is 3.79. The third kappa shape index (κ3) is 4.16. The van der Waals surface area contributed by atoms with Gasteiger partial charge in [-0.15, -0.1) is 5.10 Å². The zero-order valence-electron chi connectivity index (χ0n) is 18.6. The van der Waals surface area contributed by atoms with Crippen LogP contribution in [0.3, 0.4) is 0 Å². The average molecular weight is 452 g/mol. The number of ether oxygens (including phenoxy) is 2. The van der Waals surface area contributed by atoms with Crippen molar-refractivity contribution in [1.29, 1.82) is 0 Å². The Morgan fingerprint density at radius 3 is 2.36 bits per heavy atom. The molecule has 33 heavy (non-hydrogen) atoms. The van der Waals surface area contributed by atoms with E-state index in [9.17, 15) is 14.9 Å². The van der Waals surface area contributed by atoms with E-state index in [0.717, 1.165) is 5.69 Å². The molecule has 11 heteroatoms. The summed E-state index contributed by atoms with van der Waals surface area (Å²) in [7, 11) is 3.05. The first-order valence-electron chi connectivity index (χ1n) is 10.4. The number of aromatic nitrogens is 3. The maximum absolute atomic E-state index is 13.4. The van der Waals surface area contributed by atoms with Crippen LogP contribution in [0, 0.1) is 17.0 Å². The lowest BCUT2D eigenvalue weighted by Crippen LogP contribution is -2.49. The molecule has 0 saturated carbocycles. The maximum atomic E-state index is 13.4. The fraction of sp³-hybridized carbons (Fsp3) is 0.318. The second-order valence-electron chi connectivity index (χ2n) is 7.50. The average Bonchev–Trinajstić information content (AvgIpc) is 3.24. The Kier molecular flexibility index (Phi) is 6.11. The van der Waals surface area contributed by atoms with Crippen LogP contribution in [0.5, 0.6) is 11.5 Å². The predicted molar refractivity (Wildman–Crippen MR) is 120 cm³/mol. The number of aryl methyl sites for hydroxylation is 1. The van der Waals surface area contributed by atoms with Gasteiger partial charge in [-0.3, -0.25) is 14.9 Å². The van der Waals surface area contributed by atoms with Gasteiger partial charge in [-0.25, -0.2) is 4.68 Å². The summed E-state index contributed by atoms with van der Waals surface area (Å²) in [6.07, 6.45) is 0. The largest absolute Gasteiger partial charge is 0.494 e. The van der Waals surface area contributed by atoms with Crippen molar-refractivity contribution in [2.45, 2.75) is 6.92 Å². The van der Waals surface area contributed by atoms with E-state index in [1.54, 1.807) is 31.1 Å². The van der Waals surface area contributed by atoms with Crippen molar-refractivity contribution >= 4 is 17.3 Å². The SMILES string of the molecule is COc1cc([N+](=O)[O-])ccc1N1CCN(C(=O)c2c(C)nnn2-c2ccccc2OC)CC1. The van der Waals surface area contributed by atoms with Crippen molar-refractivity contribution in [3.63, 3.8) is 0 Å². The number of carbonyl (C=O) groups excluding carboxylic acids is 1. The van der Waals surface area contributed by atoms with E-state index in [-0.39, 0.29) is 11.6 Å². The molecule has 1 fully saturated rings. The molecule has 11 nitrogen and oxygen atoms in total. The molecule has 1 aliphatic heterocycles. The molecule has 0 unspecified atom stereocenters. The molecule has 2 heterocycles. The smallest absolute Gasteiger partial charge is 0.274 e. The first-order valence-corrected chi connectivity index (χ1v) is 10.4. The lowest BCUT2D eigenvalue weighted by atomic mass is 10.2. The van der Waals surface area contributed by atoms with E-state index < -0.39 is 4.92 Å². The number of nitro groups is 1. The summed E-state index contributed by atoms with van der Waals surface area (Å²) >= 11 is 0. The monoisotopic (exact) mass is 452 g/mol. The minimum Gasteiger partial charge on any atom is -0.494 e. The van der Waals surface area contributed by atoms with E-state index in [1.165, 1.54) is 23.9 Å². The van der Waals surface area contributed by atoms with Gasteiger partial charge in [-0.2, -0.15) is 0 Å². The van der Waals surface area contributed by atoms with Crippen molar-refractivity contribution in [3.8, 4) is 17.2 Å². The van der Waals surface area contributed by atoms with E-state index in [2.05, 4.69) is 15.2 Å². The Morgan fingerprint density at radius 2 is 1.70 bits per heavy atom. The highest BCUT2D eigenvalue weighted by Crippen LogP contribution is 2.33. The third-order valence-corrected chi connectivity index (χ3v) is 5.64. The number of amides is 1. The van der Waals surface area contributed by atoms with Crippen LogP contribution in [0.1, 0.15) is 16.2 Å². The molecule has 0 bridgehead atoms. The van der Waals surface area contributed by atoms with E-state index in [0.29, 0.717) is 54.8 Å². The predicted octanol–water partition coefficient (Wildman–Crippen LogP) is 2.46. The van der Waals surface area contributed by atoms with Crippen LogP contribution in [0.15, 0.2) is 42.5 Å². The zero-order chi connectivity index (χ0) is 23.5. The number of methoxy groups -OCH3 is 2. The molecule has 1 amide bonds. The van der Waals surface area contributed by atoms with Crippen molar-refractivity contribution in [2.24, 2.45) is 0 Å². The highest BCUT2D eigenvalue weighted by molar-refractivity contribution is 5.94. The van der Waals surface area contributed by atoms with Crippen LogP contribution < -0.4 is 14.4 Å². The molecular formula is C22H24N6O5. The molecule has 0 aliphatic carbocycles. The van der Waals surface area contributed by atoms with Gasteiger partial charge in [0.2, 0.25) is 0 Å². The van der Waals surface area contributed by atoms with Gasteiger partial charge in [0.15, 0.2) is 5.69 Å². The van der Waals surface area contributed by atoms with Crippen molar-refractivity contribution in [3.05, 3.63) is 64.0 Å². The summed E-state index contributed by atoms with van der Waals surface area (Å²) in [5.41, 5.74) is 2.29. The summed E-state index contributed by atoms with van der Waals surface area (Å²) in [4.78, 5) is 27.8. The second kappa shape index (κ2) is 9.15. The molecule has 4 rings (SSSR count). The van der Waals surface area contributed by atoms with Crippen LogP contribution in [0.4, 0.5) is 11.4 Å². The van der Waals surface area contributed by atoms with E-state index in [4.69, 9.17) is 9.47 Å². The quantitative estimate of drug-likeness (QED) is 0.414. The second-order valence-corrected chi connectivity index (χ2v) is 7.50. The van der Waals surface area contributed by atoms with Crippen LogP contribution >= 0.6 is 0 Å². The molecule has 0 spiro atoms. The fourth-order valence-electron chi connectivity index (χ4n) is 3.92. The maximum Gasteiger partial charge on any atom is 0.274 e. The van der Waals surface area contributed by atoms with Crippen LogP contribution in [0.2, 0.25) is 0 Å². The number of nitrogens with zero attached hydrogens (tertiary/aromatic N) is 6. The summed E-state index contributed by atoms with van der Waals surface area (Å²) in [6, 6.07) is 11.9. The number of hydrogen-bond donors (Lipinski definition) is 0. The van der Waals surface area contributed by atoms with Gasteiger partial charge in [-0.05, 0) is 25.1 Å². The van der Waals surface area contributed by atoms with E-state index in [1.807, 2.05) is 18.2 Å². The Hall–Kier alpha value is -4.15. The highest BCUT2D eigenvalue weighted by atomic mass is 16.6. The number of piperazine rings is 1. The molecule has 0 atom stereocenters. The molecule has 2 aromatic carbocycles. The number of benzene rings is 2. The highest BCUT2D eigenvalue weighted by Gasteiger charge is 2.29. The van der Waals surface area contributed by atoms with Gasteiger partial charge in [0.25, 0.3) is 11.6 Å². The fourth-order valence-corrected chi connectivity index (χ4v) is 3.92. The Balaban J connectivity index is 1.54. The van der Waals surface area contributed by atoms with Gasteiger partial charge in [0.05, 0.1) is 36.6 Å². The number of para-hydroxylation sites is 2. The first-order chi connectivity index (χ1) is 15.9. The normalized spacial score (nSPS) is 13.7. The lowest BCUT2D eigenvalue weighted by Gasteiger charge is -2.36. The number of nitro benzene ring substituents is 1. The van der Waals surface area contributed by atoms with Gasteiger partial charge in [0, 0.05) is 32.2 Å². The third-order valence-electron chi connectivity index (χ3n) is 5.64. The summed E-state index contributed by atoms with van der Waals surface area (Å²) in [5, 5.41) is 19.4. The number of non-ortho nitro benzene ring substituents is 1. The van der Waals surface area contributed by atoms with Crippen LogP contribution in [0.25, 0.3) is 5.69 Å². The number of rotatable bonds is 6. The topological polar surface area (TPSA) is 116 Å². The number of anilines is 1. The molecule has 1 aromatic heterocycles. The molecule has 172 valence electrons. The Bertz CT molecular complexity index is 1190. The number of carbonyl (C=O) groups is 1. The molecule has 3 aromatic rings. The molecule has 1 aliphatic rings. The molecule has 0 radical (unpaired) electrons. The van der Waals surface area contributed by atoms with Crippen molar-refractivity contribution < 1.29 is 19.2 Å². The van der Waals surface area contributed by atoms with Crippen molar-refractivity contribution in [1.82, 2.24) is 19.9 Å². The van der Waals surface area contributed by atoms with Crippen LogP contribution in [-0.4, -0.2) is 71.1 Å². The van der Waals surface area contributed by atoms with Crippen molar-refractivity contribution in [2.75, 3.05) is 45.3 Å². The van der Waals surface area contributed by atoms with Gasteiger partial charge in [0.1, 0.15) is 17.2 Å².